The average Bonchev–Trinajstić information content (AvgIpc) is 2.13. The van der Waals surface area contributed by atoms with Crippen molar-refractivity contribution in [3.8, 4) is 0 Å². The molecule has 0 unspecified atom stereocenters. The van der Waals surface area contributed by atoms with E-state index in [9.17, 15) is 4.79 Å². The summed E-state index contributed by atoms with van der Waals surface area (Å²) in [5.41, 5.74) is 2.31. The maximum absolute atomic E-state index is 10.8. The van der Waals surface area contributed by atoms with Crippen LogP contribution in [-0.4, -0.2) is 12.5 Å². The minimum atomic E-state index is 0.0185. The molecule has 1 aliphatic rings. The molecular weight excluding hydrogens is 118 g/mol. The molecule has 1 saturated heterocycles. The molecule has 3 nitrogen and oxygen atoms in total. The van der Waals surface area contributed by atoms with Crippen LogP contribution < -0.4 is 5.48 Å². The Bertz CT molecular complexity index is 122. The third-order valence-corrected chi connectivity index (χ3v) is 1.58. The summed E-state index contributed by atoms with van der Waals surface area (Å²) >= 11 is 0. The van der Waals surface area contributed by atoms with Crippen molar-refractivity contribution >= 4 is 5.91 Å². The molecule has 0 spiro atoms. The molecular formula is C6H11NO2. The van der Waals surface area contributed by atoms with E-state index in [0.29, 0.717) is 12.5 Å². The summed E-state index contributed by atoms with van der Waals surface area (Å²) in [7, 11) is 0. The number of rotatable bonds is 1. The van der Waals surface area contributed by atoms with E-state index in [1.165, 1.54) is 0 Å². The standard InChI is InChI=1S/C6H11NO2/c1-4(2)5-3-9-7-6(5)8/h4-5H,3H2,1-2H3,(H,7,8)/t5-/m0/s1. The molecule has 1 atom stereocenters. The molecule has 1 fully saturated rings. The second-order valence-electron chi connectivity index (χ2n) is 2.63. The third-order valence-electron chi connectivity index (χ3n) is 1.58. The van der Waals surface area contributed by atoms with E-state index in [1.807, 2.05) is 13.8 Å². The topological polar surface area (TPSA) is 38.3 Å². The van der Waals surface area contributed by atoms with Gasteiger partial charge in [-0.1, -0.05) is 13.8 Å². The van der Waals surface area contributed by atoms with Crippen molar-refractivity contribution in [2.75, 3.05) is 6.61 Å². The molecule has 0 radical (unpaired) electrons. The van der Waals surface area contributed by atoms with Gasteiger partial charge in [-0.15, -0.1) is 0 Å². The molecule has 52 valence electrons. The largest absolute Gasteiger partial charge is 0.273 e. The Hall–Kier alpha value is -0.570. The van der Waals surface area contributed by atoms with Gasteiger partial charge < -0.3 is 0 Å². The van der Waals surface area contributed by atoms with Gasteiger partial charge in [0.15, 0.2) is 0 Å². The number of hydrogen-bond donors (Lipinski definition) is 1. The van der Waals surface area contributed by atoms with Crippen LogP contribution >= 0.6 is 0 Å². The van der Waals surface area contributed by atoms with Crippen molar-refractivity contribution in [2.24, 2.45) is 11.8 Å². The number of amides is 1. The molecule has 0 aromatic heterocycles. The lowest BCUT2D eigenvalue weighted by molar-refractivity contribution is -0.126. The predicted octanol–water partition coefficient (Wildman–Crippen LogP) is 0.320. The summed E-state index contributed by atoms with van der Waals surface area (Å²) in [6, 6.07) is 0. The van der Waals surface area contributed by atoms with Gasteiger partial charge in [0.05, 0.1) is 12.5 Å². The zero-order valence-corrected chi connectivity index (χ0v) is 5.68. The Morgan fingerprint density at radius 1 is 1.78 bits per heavy atom. The fraction of sp³-hybridized carbons (Fsp3) is 0.833. The first-order valence-electron chi connectivity index (χ1n) is 3.13. The fourth-order valence-corrected chi connectivity index (χ4v) is 0.849. The predicted molar refractivity (Wildman–Crippen MR) is 32.4 cm³/mol. The van der Waals surface area contributed by atoms with Crippen molar-refractivity contribution in [1.82, 2.24) is 5.48 Å². The van der Waals surface area contributed by atoms with Gasteiger partial charge in [0.2, 0.25) is 5.91 Å². The normalized spacial score (nSPS) is 27.0. The Labute approximate surface area is 54.3 Å². The Morgan fingerprint density at radius 2 is 2.44 bits per heavy atom. The maximum atomic E-state index is 10.8. The Kier molecular flexibility index (Phi) is 1.71. The molecule has 9 heavy (non-hydrogen) atoms. The number of carbonyl (C=O) groups excluding carboxylic acids is 1. The Balaban J connectivity index is 2.49. The van der Waals surface area contributed by atoms with Gasteiger partial charge in [-0.25, -0.2) is 5.48 Å². The lowest BCUT2D eigenvalue weighted by Crippen LogP contribution is -2.22. The van der Waals surface area contributed by atoms with Crippen molar-refractivity contribution in [1.29, 1.82) is 0 Å². The number of nitrogens with one attached hydrogen (secondary N) is 1. The molecule has 1 rings (SSSR count). The zero-order chi connectivity index (χ0) is 6.85. The van der Waals surface area contributed by atoms with E-state index >= 15 is 0 Å². The molecule has 0 bridgehead atoms. The highest BCUT2D eigenvalue weighted by Gasteiger charge is 2.27. The van der Waals surface area contributed by atoms with Crippen LogP contribution in [0.25, 0.3) is 0 Å². The first-order chi connectivity index (χ1) is 4.22. The molecule has 0 aromatic rings. The fourth-order valence-electron chi connectivity index (χ4n) is 0.849. The molecule has 1 heterocycles. The highest BCUT2D eigenvalue weighted by molar-refractivity contribution is 5.79. The van der Waals surface area contributed by atoms with Gasteiger partial charge >= 0.3 is 0 Å². The van der Waals surface area contributed by atoms with E-state index in [1.54, 1.807) is 0 Å². The summed E-state index contributed by atoms with van der Waals surface area (Å²) in [6.07, 6.45) is 0. The molecule has 1 aliphatic heterocycles. The molecule has 1 N–H and O–H groups in total. The van der Waals surface area contributed by atoms with Crippen LogP contribution in [0.5, 0.6) is 0 Å². The van der Waals surface area contributed by atoms with E-state index in [0.717, 1.165) is 0 Å². The van der Waals surface area contributed by atoms with E-state index in [2.05, 4.69) is 5.48 Å². The summed E-state index contributed by atoms with van der Waals surface area (Å²) in [6.45, 7) is 4.55. The minimum Gasteiger partial charge on any atom is -0.273 e. The molecule has 0 saturated carbocycles. The molecule has 1 amide bonds. The molecule has 0 aromatic carbocycles. The monoisotopic (exact) mass is 129 g/mol. The summed E-state index contributed by atoms with van der Waals surface area (Å²) in [5.74, 6) is 0.461. The first-order valence-corrected chi connectivity index (χ1v) is 3.13. The first kappa shape index (κ1) is 6.55. The van der Waals surface area contributed by atoms with Crippen molar-refractivity contribution in [3.05, 3.63) is 0 Å². The van der Waals surface area contributed by atoms with Crippen molar-refractivity contribution in [3.63, 3.8) is 0 Å². The zero-order valence-electron chi connectivity index (χ0n) is 5.68. The molecule has 3 heteroatoms. The van der Waals surface area contributed by atoms with Gasteiger partial charge in [0.1, 0.15) is 0 Å². The smallest absolute Gasteiger partial charge is 0.249 e. The number of carbonyl (C=O) groups is 1. The van der Waals surface area contributed by atoms with Gasteiger partial charge in [-0.3, -0.25) is 9.63 Å². The van der Waals surface area contributed by atoms with E-state index < -0.39 is 0 Å². The second-order valence-corrected chi connectivity index (χ2v) is 2.63. The van der Waals surface area contributed by atoms with Crippen LogP contribution in [-0.2, 0) is 9.63 Å². The third kappa shape index (κ3) is 1.21. The average molecular weight is 129 g/mol. The lowest BCUT2D eigenvalue weighted by Gasteiger charge is -2.06. The van der Waals surface area contributed by atoms with Crippen LogP contribution in [0.15, 0.2) is 0 Å². The lowest BCUT2D eigenvalue weighted by atomic mass is 9.97. The van der Waals surface area contributed by atoms with Crippen LogP contribution in [0.1, 0.15) is 13.8 Å². The number of hydroxylamine groups is 1. The van der Waals surface area contributed by atoms with Crippen LogP contribution in [0.3, 0.4) is 0 Å². The van der Waals surface area contributed by atoms with Crippen LogP contribution in [0, 0.1) is 11.8 Å². The van der Waals surface area contributed by atoms with E-state index in [4.69, 9.17) is 4.84 Å². The SMILES string of the molecule is CC(C)[C@@H]1CONC1=O. The van der Waals surface area contributed by atoms with Gasteiger partial charge in [-0.2, -0.15) is 0 Å². The number of hydrogen-bond acceptors (Lipinski definition) is 2. The van der Waals surface area contributed by atoms with Crippen molar-refractivity contribution < 1.29 is 9.63 Å². The quantitative estimate of drug-likeness (QED) is 0.553. The van der Waals surface area contributed by atoms with Crippen LogP contribution in [0.2, 0.25) is 0 Å². The summed E-state index contributed by atoms with van der Waals surface area (Å²) in [5, 5.41) is 0. The van der Waals surface area contributed by atoms with Crippen molar-refractivity contribution in [2.45, 2.75) is 13.8 Å². The summed E-state index contributed by atoms with van der Waals surface area (Å²) in [4.78, 5) is 15.5. The summed E-state index contributed by atoms with van der Waals surface area (Å²) < 4.78 is 0. The second kappa shape index (κ2) is 2.35. The van der Waals surface area contributed by atoms with Gasteiger partial charge in [0, 0.05) is 0 Å². The molecule has 0 aliphatic carbocycles. The Morgan fingerprint density at radius 3 is 2.67 bits per heavy atom. The highest BCUT2D eigenvalue weighted by atomic mass is 16.7. The minimum absolute atomic E-state index is 0.0185. The maximum Gasteiger partial charge on any atom is 0.249 e. The van der Waals surface area contributed by atoms with Gasteiger partial charge in [-0.05, 0) is 5.92 Å². The highest BCUT2D eigenvalue weighted by Crippen LogP contribution is 2.14. The van der Waals surface area contributed by atoms with Gasteiger partial charge in [0.25, 0.3) is 0 Å². The van der Waals surface area contributed by atoms with Crippen LogP contribution in [0.4, 0.5) is 0 Å². The van der Waals surface area contributed by atoms with E-state index in [-0.39, 0.29) is 11.8 Å².